The molecule has 0 radical (unpaired) electrons. The van der Waals surface area contributed by atoms with Gasteiger partial charge in [-0.15, -0.1) is 0 Å². The highest BCUT2D eigenvalue weighted by Crippen LogP contribution is 2.35. The Hall–Kier alpha value is -2.93. The number of amides is 1. The fraction of sp³-hybridized carbons (Fsp3) is 0.250. The van der Waals surface area contributed by atoms with Crippen molar-refractivity contribution >= 4 is 23.2 Å². The zero-order chi connectivity index (χ0) is 19.7. The van der Waals surface area contributed by atoms with Crippen molar-refractivity contribution in [2.24, 2.45) is 0 Å². The fourth-order valence-electron chi connectivity index (χ4n) is 3.25. The molecule has 0 N–H and O–H groups in total. The van der Waals surface area contributed by atoms with Crippen LogP contribution in [0, 0.1) is 5.82 Å². The molecule has 144 valence electrons. The van der Waals surface area contributed by atoms with Gasteiger partial charge in [0.15, 0.2) is 5.82 Å². The molecule has 1 aliphatic heterocycles. The van der Waals surface area contributed by atoms with Crippen LogP contribution in [0.1, 0.15) is 25.2 Å². The summed E-state index contributed by atoms with van der Waals surface area (Å²) in [4.78, 5) is 18.3. The molecule has 2 aromatic carbocycles. The van der Waals surface area contributed by atoms with Crippen LogP contribution < -0.4 is 9.64 Å². The molecule has 1 aliphatic rings. The van der Waals surface area contributed by atoms with Gasteiger partial charge in [-0.25, -0.2) is 4.39 Å². The van der Waals surface area contributed by atoms with E-state index in [0.717, 1.165) is 0 Å². The lowest BCUT2D eigenvalue weighted by Gasteiger charge is -2.17. The van der Waals surface area contributed by atoms with E-state index in [4.69, 9.17) is 20.9 Å². The van der Waals surface area contributed by atoms with Gasteiger partial charge in [-0.05, 0) is 31.2 Å². The van der Waals surface area contributed by atoms with Gasteiger partial charge in [0.25, 0.3) is 0 Å². The van der Waals surface area contributed by atoms with E-state index in [1.807, 2.05) is 31.2 Å². The maximum absolute atomic E-state index is 14.3. The lowest BCUT2D eigenvalue weighted by Crippen LogP contribution is -2.25. The molecule has 1 atom stereocenters. The molecular weight excluding hydrogens is 385 g/mol. The maximum Gasteiger partial charge on any atom is 0.232 e. The molecule has 1 unspecified atom stereocenters. The van der Waals surface area contributed by atoms with Gasteiger partial charge in [-0.2, -0.15) is 4.98 Å². The summed E-state index contributed by atoms with van der Waals surface area (Å²) in [5.74, 6) is 0.211. The highest BCUT2D eigenvalue weighted by atomic mass is 35.5. The average Bonchev–Trinajstić information content (AvgIpc) is 3.32. The molecule has 2 heterocycles. The predicted octanol–water partition coefficient (Wildman–Crippen LogP) is 4.45. The summed E-state index contributed by atoms with van der Waals surface area (Å²) in [5, 5.41) is 4.01. The van der Waals surface area contributed by atoms with E-state index in [9.17, 15) is 9.18 Å². The normalized spacial score (nSPS) is 16.6. The van der Waals surface area contributed by atoms with Gasteiger partial charge in [0.2, 0.25) is 17.6 Å². The topological polar surface area (TPSA) is 68.5 Å². The van der Waals surface area contributed by atoms with Crippen molar-refractivity contribution in [3.8, 4) is 17.1 Å². The molecule has 28 heavy (non-hydrogen) atoms. The number of carbonyl (C=O) groups is 1. The third-order valence-electron chi connectivity index (χ3n) is 4.57. The molecule has 1 fully saturated rings. The molecule has 1 amide bonds. The van der Waals surface area contributed by atoms with Crippen LogP contribution in [0.25, 0.3) is 11.4 Å². The monoisotopic (exact) mass is 401 g/mol. The van der Waals surface area contributed by atoms with Crippen LogP contribution in [0.15, 0.2) is 47.0 Å². The summed E-state index contributed by atoms with van der Waals surface area (Å²) in [6.07, 6.45) is 0.153. The number of ether oxygens (including phenoxy) is 1. The summed E-state index contributed by atoms with van der Waals surface area (Å²) in [6.45, 7) is 2.65. The molecule has 0 bridgehead atoms. The van der Waals surface area contributed by atoms with Crippen molar-refractivity contribution in [3.63, 3.8) is 0 Å². The van der Waals surface area contributed by atoms with Gasteiger partial charge in [0.05, 0.1) is 28.8 Å². The molecule has 1 aromatic heterocycles. The summed E-state index contributed by atoms with van der Waals surface area (Å²) in [7, 11) is 0. The standard InChI is InChI=1S/C20H17ClFN3O3/c1-2-27-16-9-4-3-6-13(16)19-23-20(28-24-19)12-10-17(26)25(11-12)15-8-5-7-14(21)18(15)22/h3-9,12H,2,10-11H2,1H3. The number of hydrogen-bond acceptors (Lipinski definition) is 5. The molecule has 0 saturated carbocycles. The zero-order valence-electron chi connectivity index (χ0n) is 15.1. The van der Waals surface area contributed by atoms with Crippen molar-refractivity contribution in [1.29, 1.82) is 0 Å². The number of para-hydroxylation sites is 1. The van der Waals surface area contributed by atoms with E-state index in [-0.39, 0.29) is 35.5 Å². The van der Waals surface area contributed by atoms with E-state index >= 15 is 0 Å². The molecule has 4 rings (SSSR count). The lowest BCUT2D eigenvalue weighted by atomic mass is 10.1. The van der Waals surface area contributed by atoms with E-state index in [1.165, 1.54) is 17.0 Å². The third-order valence-corrected chi connectivity index (χ3v) is 4.86. The second-order valence-corrected chi connectivity index (χ2v) is 6.77. The van der Waals surface area contributed by atoms with Gasteiger partial charge in [-0.3, -0.25) is 4.79 Å². The van der Waals surface area contributed by atoms with Crippen LogP contribution in [0.5, 0.6) is 5.75 Å². The first-order chi connectivity index (χ1) is 13.6. The smallest absolute Gasteiger partial charge is 0.232 e. The Kier molecular flexibility index (Phi) is 5.00. The van der Waals surface area contributed by atoms with Crippen LogP contribution in [0.3, 0.4) is 0 Å². The molecular formula is C20H17ClFN3O3. The van der Waals surface area contributed by atoms with Crippen LogP contribution >= 0.6 is 11.6 Å². The van der Waals surface area contributed by atoms with Crippen LogP contribution in [-0.4, -0.2) is 29.2 Å². The Balaban J connectivity index is 1.59. The van der Waals surface area contributed by atoms with Crippen molar-refractivity contribution in [2.45, 2.75) is 19.3 Å². The number of hydrogen-bond donors (Lipinski definition) is 0. The summed E-state index contributed by atoms with van der Waals surface area (Å²) in [5.41, 5.74) is 0.864. The fourth-order valence-corrected chi connectivity index (χ4v) is 3.42. The van der Waals surface area contributed by atoms with E-state index in [1.54, 1.807) is 6.07 Å². The lowest BCUT2D eigenvalue weighted by molar-refractivity contribution is -0.117. The summed E-state index contributed by atoms with van der Waals surface area (Å²) >= 11 is 5.84. The van der Waals surface area contributed by atoms with Crippen molar-refractivity contribution < 1.29 is 18.4 Å². The minimum atomic E-state index is -0.616. The molecule has 0 aliphatic carbocycles. The first-order valence-electron chi connectivity index (χ1n) is 8.88. The van der Waals surface area contributed by atoms with Crippen molar-refractivity contribution in [1.82, 2.24) is 10.1 Å². The molecule has 0 spiro atoms. The predicted molar refractivity (Wildman–Crippen MR) is 102 cm³/mol. The molecule has 6 nitrogen and oxygen atoms in total. The van der Waals surface area contributed by atoms with E-state index in [2.05, 4.69) is 10.1 Å². The zero-order valence-corrected chi connectivity index (χ0v) is 15.8. The molecule has 1 saturated heterocycles. The Bertz CT molecular complexity index is 1020. The highest BCUT2D eigenvalue weighted by Gasteiger charge is 2.36. The Morgan fingerprint density at radius 2 is 2.11 bits per heavy atom. The number of aromatic nitrogens is 2. The van der Waals surface area contributed by atoms with Gasteiger partial charge in [-0.1, -0.05) is 35.0 Å². The number of carbonyl (C=O) groups excluding carboxylic acids is 1. The van der Waals surface area contributed by atoms with Crippen LogP contribution in [-0.2, 0) is 4.79 Å². The minimum Gasteiger partial charge on any atom is -0.493 e. The summed E-state index contributed by atoms with van der Waals surface area (Å²) in [6, 6.07) is 12.0. The Labute approximate surface area is 165 Å². The maximum atomic E-state index is 14.3. The third kappa shape index (κ3) is 3.33. The molecule has 3 aromatic rings. The quantitative estimate of drug-likeness (QED) is 0.631. The average molecular weight is 402 g/mol. The van der Waals surface area contributed by atoms with E-state index < -0.39 is 5.82 Å². The van der Waals surface area contributed by atoms with Crippen molar-refractivity contribution in [2.75, 3.05) is 18.1 Å². The van der Waals surface area contributed by atoms with Gasteiger partial charge < -0.3 is 14.2 Å². The number of benzene rings is 2. The highest BCUT2D eigenvalue weighted by molar-refractivity contribution is 6.31. The van der Waals surface area contributed by atoms with Gasteiger partial charge in [0.1, 0.15) is 5.75 Å². The summed E-state index contributed by atoms with van der Waals surface area (Å²) < 4.78 is 25.3. The van der Waals surface area contributed by atoms with Crippen LogP contribution in [0.2, 0.25) is 5.02 Å². The Morgan fingerprint density at radius 3 is 2.93 bits per heavy atom. The number of halogens is 2. The van der Waals surface area contributed by atoms with Crippen LogP contribution in [0.4, 0.5) is 10.1 Å². The minimum absolute atomic E-state index is 0.0265. The Morgan fingerprint density at radius 1 is 1.29 bits per heavy atom. The van der Waals surface area contributed by atoms with Crippen molar-refractivity contribution in [3.05, 3.63) is 59.2 Å². The number of anilines is 1. The van der Waals surface area contributed by atoms with Gasteiger partial charge in [0, 0.05) is 13.0 Å². The molecule has 8 heteroatoms. The SMILES string of the molecule is CCOc1ccccc1-c1noc(C2CC(=O)N(c3cccc(Cl)c3F)C2)n1. The largest absolute Gasteiger partial charge is 0.493 e. The second kappa shape index (κ2) is 7.59. The number of nitrogens with zero attached hydrogens (tertiary/aromatic N) is 3. The second-order valence-electron chi connectivity index (χ2n) is 6.36. The first-order valence-corrected chi connectivity index (χ1v) is 9.26. The number of rotatable bonds is 5. The van der Waals surface area contributed by atoms with Gasteiger partial charge >= 0.3 is 0 Å². The van der Waals surface area contributed by atoms with E-state index in [0.29, 0.717) is 29.6 Å². The first kappa shape index (κ1) is 18.4.